The lowest BCUT2D eigenvalue weighted by Gasteiger charge is -2.20. The van der Waals surface area contributed by atoms with E-state index in [1.165, 1.54) is 16.4 Å². The quantitative estimate of drug-likeness (QED) is 0.894. The first-order valence-corrected chi connectivity index (χ1v) is 8.92. The lowest BCUT2D eigenvalue weighted by Crippen LogP contribution is -2.29. The predicted molar refractivity (Wildman–Crippen MR) is 89.4 cm³/mol. The monoisotopic (exact) mass is 373 g/mol. The smallest absolute Gasteiger partial charge is 0.268 e. The van der Waals surface area contributed by atoms with Crippen LogP contribution in [0.5, 0.6) is 11.5 Å². The molecule has 1 heterocycles. The van der Waals surface area contributed by atoms with Gasteiger partial charge < -0.3 is 9.84 Å². The second kappa shape index (κ2) is 5.78. The van der Waals surface area contributed by atoms with E-state index >= 15 is 0 Å². The molecule has 0 saturated heterocycles. The molecule has 8 heteroatoms. The summed E-state index contributed by atoms with van der Waals surface area (Å²) in [5.74, 6) is 0.162. The zero-order valence-electron chi connectivity index (χ0n) is 12.1. The Hall–Kier alpha value is -1.63. The standard InChI is InChI=1S/C15H13Cl2NO4S/c1-22-11-2-3-13-9(6-11)4-5-18(13)23(20,21)14-8-10(16)7-12(17)15(14)19/h2-3,6-8,19H,4-5H2,1H3. The van der Waals surface area contributed by atoms with Gasteiger partial charge in [0.25, 0.3) is 10.0 Å². The van der Waals surface area contributed by atoms with E-state index in [9.17, 15) is 13.5 Å². The maximum Gasteiger partial charge on any atom is 0.268 e. The molecule has 1 N–H and O–H groups in total. The first-order valence-electron chi connectivity index (χ1n) is 6.72. The van der Waals surface area contributed by atoms with Crippen molar-refractivity contribution in [2.75, 3.05) is 18.0 Å². The zero-order chi connectivity index (χ0) is 16.8. The van der Waals surface area contributed by atoms with Gasteiger partial charge in [-0.1, -0.05) is 23.2 Å². The zero-order valence-corrected chi connectivity index (χ0v) is 14.4. The number of hydrogen-bond acceptors (Lipinski definition) is 4. The Bertz CT molecular complexity index is 883. The van der Waals surface area contributed by atoms with Gasteiger partial charge >= 0.3 is 0 Å². The van der Waals surface area contributed by atoms with Gasteiger partial charge in [-0.05, 0) is 42.3 Å². The third-order valence-electron chi connectivity index (χ3n) is 3.70. The van der Waals surface area contributed by atoms with Crippen LogP contribution in [0.1, 0.15) is 5.56 Å². The van der Waals surface area contributed by atoms with E-state index in [0.717, 1.165) is 5.56 Å². The van der Waals surface area contributed by atoms with Gasteiger partial charge in [-0.3, -0.25) is 4.31 Å². The molecule has 1 aliphatic rings. The molecule has 0 aliphatic carbocycles. The van der Waals surface area contributed by atoms with E-state index in [2.05, 4.69) is 0 Å². The van der Waals surface area contributed by atoms with E-state index in [1.54, 1.807) is 25.3 Å². The summed E-state index contributed by atoms with van der Waals surface area (Å²) in [6.45, 7) is 0.272. The average molecular weight is 374 g/mol. The molecule has 5 nitrogen and oxygen atoms in total. The van der Waals surface area contributed by atoms with Crippen LogP contribution in [-0.4, -0.2) is 27.2 Å². The molecule has 0 aromatic heterocycles. The fraction of sp³-hybridized carbons (Fsp3) is 0.200. The van der Waals surface area contributed by atoms with Crippen molar-refractivity contribution in [2.24, 2.45) is 0 Å². The number of fused-ring (bicyclic) bond motifs is 1. The summed E-state index contributed by atoms with van der Waals surface area (Å²) in [5, 5.41) is 10.1. The first kappa shape index (κ1) is 16.2. The van der Waals surface area contributed by atoms with E-state index in [1.807, 2.05) is 0 Å². The summed E-state index contributed by atoms with van der Waals surface area (Å²) in [6.07, 6.45) is 0.556. The third kappa shape index (κ3) is 2.71. The number of hydrogen-bond donors (Lipinski definition) is 1. The van der Waals surface area contributed by atoms with Crippen molar-refractivity contribution in [1.29, 1.82) is 0 Å². The molecule has 122 valence electrons. The highest BCUT2D eigenvalue weighted by molar-refractivity contribution is 7.93. The largest absolute Gasteiger partial charge is 0.505 e. The lowest BCUT2D eigenvalue weighted by atomic mass is 10.1. The third-order valence-corrected chi connectivity index (χ3v) is 6.03. The van der Waals surface area contributed by atoms with Crippen molar-refractivity contribution >= 4 is 38.9 Å². The van der Waals surface area contributed by atoms with Gasteiger partial charge in [-0.25, -0.2) is 8.42 Å². The van der Waals surface area contributed by atoms with E-state index < -0.39 is 15.8 Å². The van der Waals surface area contributed by atoms with Crippen LogP contribution < -0.4 is 9.04 Å². The highest BCUT2D eigenvalue weighted by Crippen LogP contribution is 2.40. The van der Waals surface area contributed by atoms with Crippen LogP contribution in [0.4, 0.5) is 5.69 Å². The van der Waals surface area contributed by atoms with Crippen LogP contribution in [0.3, 0.4) is 0 Å². The summed E-state index contributed by atoms with van der Waals surface area (Å²) in [7, 11) is -2.42. The Morgan fingerprint density at radius 2 is 1.96 bits per heavy atom. The highest BCUT2D eigenvalue weighted by Gasteiger charge is 2.33. The van der Waals surface area contributed by atoms with Gasteiger partial charge in [0.15, 0.2) is 5.75 Å². The van der Waals surface area contributed by atoms with Crippen molar-refractivity contribution in [3.8, 4) is 11.5 Å². The van der Waals surface area contributed by atoms with Crippen LogP contribution in [-0.2, 0) is 16.4 Å². The van der Waals surface area contributed by atoms with E-state index in [4.69, 9.17) is 27.9 Å². The molecule has 23 heavy (non-hydrogen) atoms. The molecule has 0 unspecified atom stereocenters. The van der Waals surface area contributed by atoms with Crippen LogP contribution in [0.25, 0.3) is 0 Å². The number of rotatable bonds is 3. The Morgan fingerprint density at radius 1 is 1.22 bits per heavy atom. The Morgan fingerprint density at radius 3 is 2.65 bits per heavy atom. The summed E-state index contributed by atoms with van der Waals surface area (Å²) in [6, 6.07) is 7.66. The molecule has 0 fully saturated rings. The fourth-order valence-corrected chi connectivity index (χ4v) is 4.83. The fourth-order valence-electron chi connectivity index (χ4n) is 2.58. The Kier molecular flexibility index (Phi) is 4.08. The maximum atomic E-state index is 12.9. The SMILES string of the molecule is COc1ccc2c(c1)CCN2S(=O)(=O)c1cc(Cl)cc(Cl)c1O. The summed E-state index contributed by atoms with van der Waals surface area (Å²) < 4.78 is 32.2. The molecule has 0 saturated carbocycles. The van der Waals surface area contributed by atoms with Crippen molar-refractivity contribution in [3.05, 3.63) is 45.9 Å². The number of aromatic hydroxyl groups is 1. The van der Waals surface area contributed by atoms with Gasteiger partial charge in [0, 0.05) is 11.6 Å². The average Bonchev–Trinajstić information content (AvgIpc) is 2.94. The minimum absolute atomic E-state index is 0.106. The number of nitrogens with zero attached hydrogens (tertiary/aromatic N) is 1. The number of anilines is 1. The van der Waals surface area contributed by atoms with Crippen LogP contribution >= 0.6 is 23.2 Å². The summed E-state index contributed by atoms with van der Waals surface area (Å²) in [4.78, 5) is -0.307. The van der Waals surface area contributed by atoms with Crippen molar-refractivity contribution in [3.63, 3.8) is 0 Å². The first-order chi connectivity index (χ1) is 10.8. The minimum atomic E-state index is -3.97. The minimum Gasteiger partial charge on any atom is -0.505 e. The van der Waals surface area contributed by atoms with Crippen LogP contribution in [0.15, 0.2) is 35.2 Å². The van der Waals surface area contributed by atoms with E-state index in [0.29, 0.717) is 17.9 Å². The highest BCUT2D eigenvalue weighted by atomic mass is 35.5. The predicted octanol–water partition coefficient (Wildman–Crippen LogP) is 3.46. The molecule has 1 aliphatic heterocycles. The second-order valence-corrected chi connectivity index (χ2v) is 7.73. The number of sulfonamides is 1. The molecule has 0 bridgehead atoms. The summed E-state index contributed by atoms with van der Waals surface area (Å²) >= 11 is 11.7. The molecule has 0 radical (unpaired) electrons. The molecule has 0 spiro atoms. The van der Waals surface area contributed by atoms with Crippen molar-refractivity contribution in [1.82, 2.24) is 0 Å². The van der Waals surface area contributed by atoms with Crippen LogP contribution in [0, 0.1) is 0 Å². The molecule has 2 aromatic rings. The molecule has 3 rings (SSSR count). The number of phenolic OH excluding ortho intramolecular Hbond substituents is 1. The molecule has 2 aromatic carbocycles. The second-order valence-electron chi connectivity index (χ2n) is 5.06. The van der Waals surface area contributed by atoms with Crippen molar-refractivity contribution in [2.45, 2.75) is 11.3 Å². The Labute approximate surface area is 144 Å². The van der Waals surface area contributed by atoms with Gasteiger partial charge in [-0.2, -0.15) is 0 Å². The van der Waals surface area contributed by atoms with Gasteiger partial charge in [-0.15, -0.1) is 0 Å². The molecule has 0 amide bonds. The number of ether oxygens (including phenoxy) is 1. The number of methoxy groups -OCH3 is 1. The number of phenols is 1. The number of benzene rings is 2. The van der Waals surface area contributed by atoms with Gasteiger partial charge in [0.1, 0.15) is 10.6 Å². The Balaban J connectivity index is 2.10. The summed E-state index contributed by atoms with van der Waals surface area (Å²) in [5.41, 5.74) is 1.42. The van der Waals surface area contributed by atoms with Crippen LogP contribution in [0.2, 0.25) is 10.0 Å². The molecular weight excluding hydrogens is 361 g/mol. The molecule has 0 atom stereocenters. The van der Waals surface area contributed by atoms with Gasteiger partial charge in [0.05, 0.1) is 17.8 Å². The number of halogens is 2. The topological polar surface area (TPSA) is 66.8 Å². The van der Waals surface area contributed by atoms with Crippen molar-refractivity contribution < 1.29 is 18.3 Å². The lowest BCUT2D eigenvalue weighted by molar-refractivity contribution is 0.414. The van der Waals surface area contributed by atoms with Gasteiger partial charge in [0.2, 0.25) is 0 Å². The normalized spacial score (nSPS) is 14.0. The maximum absolute atomic E-state index is 12.9. The molecular formula is C15H13Cl2NO4S. The van der Waals surface area contributed by atoms with E-state index in [-0.39, 0.29) is 21.5 Å².